The van der Waals surface area contributed by atoms with Crippen molar-refractivity contribution in [3.8, 4) is 11.1 Å². The Bertz CT molecular complexity index is 377. The molecule has 3 heteroatoms. The molecule has 0 atom stereocenters. The molecular weight excluding hydrogens is 179 g/mol. The fourth-order valence-electron chi connectivity index (χ4n) is 1.35. The van der Waals surface area contributed by atoms with Crippen LogP contribution < -0.4 is 11.5 Å². The first-order chi connectivity index (χ1) is 6.75. The molecule has 0 unspecified atom stereocenters. The molecule has 2 nitrogen and oxygen atoms in total. The van der Waals surface area contributed by atoms with E-state index < -0.39 is 0 Å². The minimum atomic E-state index is 0. The van der Waals surface area contributed by atoms with Gasteiger partial charge >= 0.3 is 18.9 Å². The second kappa shape index (κ2) is 4.93. The van der Waals surface area contributed by atoms with Gasteiger partial charge in [-0.2, -0.15) is 0 Å². The van der Waals surface area contributed by atoms with Crippen molar-refractivity contribution in [1.29, 1.82) is 0 Å². The number of nitrogen functional groups attached to an aromatic ring is 2. The van der Waals surface area contributed by atoms with Crippen molar-refractivity contribution in [3.05, 3.63) is 48.5 Å². The molecule has 2 aromatic carbocycles. The van der Waals surface area contributed by atoms with Gasteiger partial charge in [0.1, 0.15) is 0 Å². The summed E-state index contributed by atoms with van der Waals surface area (Å²) in [6.07, 6.45) is 0. The molecule has 0 aliphatic rings. The van der Waals surface area contributed by atoms with Crippen LogP contribution in [-0.4, -0.2) is 18.9 Å². The van der Waals surface area contributed by atoms with Crippen molar-refractivity contribution in [2.75, 3.05) is 11.5 Å². The predicted molar refractivity (Wildman–Crippen MR) is 67.9 cm³/mol. The van der Waals surface area contributed by atoms with Crippen molar-refractivity contribution < 1.29 is 0 Å². The van der Waals surface area contributed by atoms with Gasteiger partial charge < -0.3 is 11.5 Å². The topological polar surface area (TPSA) is 52.0 Å². The van der Waals surface area contributed by atoms with Crippen LogP contribution in [0.5, 0.6) is 0 Å². The number of hydrogen-bond donors (Lipinski definition) is 2. The van der Waals surface area contributed by atoms with Crippen LogP contribution in [0.15, 0.2) is 48.5 Å². The minimum absolute atomic E-state index is 0. The van der Waals surface area contributed by atoms with E-state index in [1.807, 2.05) is 48.5 Å². The Hall–Kier alpha value is -1.36. The first-order valence-electron chi connectivity index (χ1n) is 4.47. The summed E-state index contributed by atoms with van der Waals surface area (Å²) in [7, 11) is 0. The molecule has 0 bridgehead atoms. The number of rotatable bonds is 1. The average Bonchev–Trinajstić information content (AvgIpc) is 2.21. The first-order valence-corrected chi connectivity index (χ1v) is 4.47. The van der Waals surface area contributed by atoms with Crippen LogP contribution in [0, 0.1) is 0 Å². The average molecular weight is 192 g/mol. The summed E-state index contributed by atoms with van der Waals surface area (Å²) in [5.74, 6) is 0. The molecule has 2 rings (SSSR count). The van der Waals surface area contributed by atoms with E-state index in [9.17, 15) is 0 Å². The van der Waals surface area contributed by atoms with Gasteiger partial charge in [0.25, 0.3) is 0 Å². The molecule has 2 aromatic rings. The van der Waals surface area contributed by atoms with E-state index in [0.29, 0.717) is 0 Å². The number of benzene rings is 2. The van der Waals surface area contributed by atoms with Crippen LogP contribution in [0.25, 0.3) is 11.1 Å². The van der Waals surface area contributed by atoms with Crippen molar-refractivity contribution in [3.63, 3.8) is 0 Å². The van der Waals surface area contributed by atoms with Gasteiger partial charge in [0, 0.05) is 11.4 Å². The molecule has 0 aromatic heterocycles. The number of hydrogen-bond acceptors (Lipinski definition) is 2. The second-order valence-electron chi connectivity index (χ2n) is 3.24. The summed E-state index contributed by atoms with van der Waals surface area (Å²) in [5, 5.41) is 0. The molecule has 0 aliphatic heterocycles. The Labute approximate surface area is 101 Å². The van der Waals surface area contributed by atoms with Crippen LogP contribution in [0.2, 0.25) is 0 Å². The zero-order valence-corrected chi connectivity index (χ0v) is 7.77. The van der Waals surface area contributed by atoms with Crippen LogP contribution in [0.3, 0.4) is 0 Å². The molecule has 0 radical (unpaired) electrons. The van der Waals surface area contributed by atoms with Crippen molar-refractivity contribution in [2.45, 2.75) is 0 Å². The van der Waals surface area contributed by atoms with Gasteiger partial charge in [-0.05, 0) is 35.4 Å². The zero-order valence-electron chi connectivity index (χ0n) is 7.77. The molecule has 0 saturated heterocycles. The summed E-state index contributed by atoms with van der Waals surface area (Å²) in [6.45, 7) is 0. The van der Waals surface area contributed by atoms with Gasteiger partial charge in [-0.15, -0.1) is 0 Å². The Morgan fingerprint density at radius 1 is 0.533 bits per heavy atom. The summed E-state index contributed by atoms with van der Waals surface area (Å²) >= 11 is 0. The molecule has 15 heavy (non-hydrogen) atoms. The van der Waals surface area contributed by atoms with Crippen molar-refractivity contribution in [1.82, 2.24) is 0 Å². The van der Waals surface area contributed by atoms with Gasteiger partial charge in [-0.1, -0.05) is 24.3 Å². The molecule has 0 heterocycles. The van der Waals surface area contributed by atoms with Gasteiger partial charge in [0.05, 0.1) is 0 Å². The van der Waals surface area contributed by atoms with Crippen molar-refractivity contribution in [2.24, 2.45) is 0 Å². The van der Waals surface area contributed by atoms with Gasteiger partial charge in [0.15, 0.2) is 0 Å². The van der Waals surface area contributed by atoms with E-state index in [0.717, 1.165) is 22.5 Å². The fourth-order valence-corrected chi connectivity index (χ4v) is 1.35. The maximum absolute atomic E-state index is 5.61. The third-order valence-electron chi connectivity index (χ3n) is 2.15. The third-order valence-corrected chi connectivity index (χ3v) is 2.15. The van der Waals surface area contributed by atoms with Gasteiger partial charge in [-0.25, -0.2) is 0 Å². The van der Waals surface area contributed by atoms with Crippen molar-refractivity contribution >= 4 is 30.2 Å². The quantitative estimate of drug-likeness (QED) is 0.535. The third kappa shape index (κ3) is 2.79. The molecule has 0 aliphatic carbocycles. The Morgan fingerprint density at radius 2 is 0.800 bits per heavy atom. The Morgan fingerprint density at radius 3 is 1.07 bits per heavy atom. The van der Waals surface area contributed by atoms with Crippen LogP contribution in [-0.2, 0) is 0 Å². The van der Waals surface area contributed by atoms with E-state index in [2.05, 4.69) is 0 Å². The predicted octanol–water partition coefficient (Wildman–Crippen LogP) is 1.87. The molecule has 0 spiro atoms. The molecular formula is C12H13LiN2. The Kier molecular flexibility index (Phi) is 3.85. The normalized spacial score (nSPS) is 9.33. The summed E-state index contributed by atoms with van der Waals surface area (Å²) in [5.41, 5.74) is 15.1. The summed E-state index contributed by atoms with van der Waals surface area (Å²) in [4.78, 5) is 0. The van der Waals surface area contributed by atoms with Crippen LogP contribution >= 0.6 is 0 Å². The molecule has 4 N–H and O–H groups in total. The molecule has 0 fully saturated rings. The van der Waals surface area contributed by atoms with E-state index in [-0.39, 0.29) is 18.9 Å². The van der Waals surface area contributed by atoms with E-state index >= 15 is 0 Å². The van der Waals surface area contributed by atoms with E-state index in [4.69, 9.17) is 11.5 Å². The number of nitrogens with two attached hydrogens (primary N) is 2. The molecule has 0 saturated carbocycles. The monoisotopic (exact) mass is 192 g/mol. The van der Waals surface area contributed by atoms with Crippen LogP contribution in [0.1, 0.15) is 0 Å². The zero-order chi connectivity index (χ0) is 9.97. The van der Waals surface area contributed by atoms with E-state index in [1.165, 1.54) is 0 Å². The maximum atomic E-state index is 5.61. The fraction of sp³-hybridized carbons (Fsp3) is 0. The molecule has 72 valence electrons. The standard InChI is InChI=1S/C12H12N2.Li.H/c13-11-5-1-9(2-6-11)10-3-7-12(14)8-4-10;;/h1-8H,13-14H2;;. The second-order valence-corrected chi connectivity index (χ2v) is 3.24. The Balaban J connectivity index is 0.00000112. The summed E-state index contributed by atoms with van der Waals surface area (Å²) in [6, 6.07) is 15.6. The van der Waals surface area contributed by atoms with Gasteiger partial charge in [-0.3, -0.25) is 0 Å². The SMILES string of the molecule is Nc1ccc(-c2ccc(N)cc2)cc1.[LiH]. The molecule has 0 amide bonds. The van der Waals surface area contributed by atoms with Gasteiger partial charge in [0.2, 0.25) is 0 Å². The number of anilines is 2. The van der Waals surface area contributed by atoms with Crippen LogP contribution in [0.4, 0.5) is 11.4 Å². The first kappa shape index (κ1) is 11.7. The summed E-state index contributed by atoms with van der Waals surface area (Å²) < 4.78 is 0. The van der Waals surface area contributed by atoms with E-state index in [1.54, 1.807) is 0 Å².